The molecular formula is C7H5Cl2N3S. The Bertz CT molecular complexity index is 435. The molecule has 0 fully saturated rings. The van der Waals surface area contributed by atoms with Gasteiger partial charge in [0.1, 0.15) is 10.2 Å². The first-order valence-corrected chi connectivity index (χ1v) is 5.08. The average Bonchev–Trinajstić information content (AvgIpc) is 2.58. The molecule has 3 nitrogen and oxygen atoms in total. The van der Waals surface area contributed by atoms with Crippen LogP contribution in [-0.2, 0) is 0 Å². The van der Waals surface area contributed by atoms with Crippen LogP contribution in [0.15, 0.2) is 6.07 Å². The van der Waals surface area contributed by atoms with Gasteiger partial charge in [0.2, 0.25) is 0 Å². The third-order valence-electron chi connectivity index (χ3n) is 1.49. The third kappa shape index (κ3) is 1.70. The lowest BCUT2D eigenvalue weighted by Gasteiger charge is -1.87. The van der Waals surface area contributed by atoms with Gasteiger partial charge < -0.3 is 0 Å². The largest absolute Gasteiger partial charge is 0.263 e. The molecule has 0 saturated heterocycles. The van der Waals surface area contributed by atoms with E-state index in [0.717, 1.165) is 11.4 Å². The minimum atomic E-state index is 0.589. The van der Waals surface area contributed by atoms with Gasteiger partial charge in [0.15, 0.2) is 5.82 Å². The Hall–Kier alpha value is -0.580. The quantitative estimate of drug-likeness (QED) is 0.823. The number of hydrogen-bond donors (Lipinski definition) is 1. The van der Waals surface area contributed by atoms with Crippen molar-refractivity contribution in [2.24, 2.45) is 0 Å². The first kappa shape index (κ1) is 8.99. The minimum Gasteiger partial charge on any atom is -0.263 e. The summed E-state index contributed by atoms with van der Waals surface area (Å²) < 4.78 is 1.26. The van der Waals surface area contributed by atoms with Gasteiger partial charge in [-0.2, -0.15) is 5.10 Å². The lowest BCUT2D eigenvalue weighted by molar-refractivity contribution is 1.04. The Balaban J connectivity index is 2.51. The first-order valence-electron chi connectivity index (χ1n) is 3.51. The van der Waals surface area contributed by atoms with E-state index in [1.807, 2.05) is 6.92 Å². The maximum atomic E-state index is 5.93. The van der Waals surface area contributed by atoms with Crippen molar-refractivity contribution in [3.05, 3.63) is 20.6 Å². The van der Waals surface area contributed by atoms with E-state index in [2.05, 4.69) is 15.2 Å². The molecule has 68 valence electrons. The highest BCUT2D eigenvalue weighted by atomic mass is 35.5. The lowest BCUT2D eigenvalue weighted by Crippen LogP contribution is -1.76. The maximum Gasteiger partial charge on any atom is 0.183 e. The normalized spacial score (nSPS) is 10.7. The highest BCUT2D eigenvalue weighted by Gasteiger charge is 2.11. The highest BCUT2D eigenvalue weighted by Crippen LogP contribution is 2.36. The first-order chi connectivity index (χ1) is 6.16. The van der Waals surface area contributed by atoms with E-state index < -0.39 is 0 Å². The Morgan fingerprint density at radius 1 is 1.46 bits per heavy atom. The van der Waals surface area contributed by atoms with Crippen LogP contribution >= 0.6 is 34.5 Å². The van der Waals surface area contributed by atoms with Crippen molar-refractivity contribution >= 4 is 34.5 Å². The Morgan fingerprint density at radius 3 is 2.69 bits per heavy atom. The molecule has 13 heavy (non-hydrogen) atoms. The van der Waals surface area contributed by atoms with Gasteiger partial charge in [0.25, 0.3) is 0 Å². The predicted octanol–water partition coefficient (Wildman–Crippen LogP) is 3.15. The molecule has 0 aromatic carbocycles. The number of halogens is 2. The molecule has 0 atom stereocenters. The van der Waals surface area contributed by atoms with Gasteiger partial charge in [-0.15, -0.1) is 11.3 Å². The molecule has 0 aliphatic rings. The van der Waals surface area contributed by atoms with Crippen LogP contribution in [0.4, 0.5) is 0 Å². The second-order valence-corrected chi connectivity index (χ2v) is 4.77. The van der Waals surface area contributed by atoms with E-state index >= 15 is 0 Å². The number of H-pyrrole nitrogens is 1. The monoisotopic (exact) mass is 233 g/mol. The number of rotatable bonds is 1. The molecule has 2 aromatic heterocycles. The number of aromatic nitrogens is 3. The number of hydrogen-bond acceptors (Lipinski definition) is 3. The zero-order valence-corrected chi connectivity index (χ0v) is 8.96. The Morgan fingerprint density at radius 2 is 2.23 bits per heavy atom. The van der Waals surface area contributed by atoms with Crippen LogP contribution < -0.4 is 0 Å². The summed E-state index contributed by atoms with van der Waals surface area (Å²) in [6.45, 7) is 1.83. The fourth-order valence-corrected chi connectivity index (χ4v) is 2.41. The van der Waals surface area contributed by atoms with Crippen molar-refractivity contribution in [1.29, 1.82) is 0 Å². The number of aryl methyl sites for hydroxylation is 1. The van der Waals surface area contributed by atoms with E-state index in [1.54, 1.807) is 6.07 Å². The van der Waals surface area contributed by atoms with Gasteiger partial charge >= 0.3 is 0 Å². The molecule has 0 unspecified atom stereocenters. The van der Waals surface area contributed by atoms with E-state index in [0.29, 0.717) is 14.5 Å². The second-order valence-electron chi connectivity index (χ2n) is 2.48. The standard InChI is InChI=1S/C7H5Cl2N3S/c1-3-10-7(12-11-3)4-2-5(8)13-6(4)9/h2H,1H3,(H,10,11,12). The lowest BCUT2D eigenvalue weighted by atomic mass is 10.3. The second kappa shape index (κ2) is 3.29. The van der Waals surface area contributed by atoms with Gasteiger partial charge in [0, 0.05) is 0 Å². The number of nitrogens with one attached hydrogen (secondary N) is 1. The average molecular weight is 234 g/mol. The third-order valence-corrected chi connectivity index (χ3v) is 2.98. The van der Waals surface area contributed by atoms with Gasteiger partial charge in [-0.1, -0.05) is 23.2 Å². The molecule has 6 heteroatoms. The van der Waals surface area contributed by atoms with Crippen LogP contribution in [0.5, 0.6) is 0 Å². The summed E-state index contributed by atoms with van der Waals surface area (Å²) in [7, 11) is 0. The summed E-state index contributed by atoms with van der Waals surface area (Å²) in [5, 5.41) is 6.73. The fraction of sp³-hybridized carbons (Fsp3) is 0.143. The van der Waals surface area contributed by atoms with Crippen LogP contribution in [0.1, 0.15) is 5.82 Å². The zero-order valence-electron chi connectivity index (χ0n) is 6.64. The summed E-state index contributed by atoms with van der Waals surface area (Å²) in [4.78, 5) is 4.15. The van der Waals surface area contributed by atoms with Crippen LogP contribution in [-0.4, -0.2) is 15.2 Å². The summed E-state index contributed by atoms with van der Waals surface area (Å²) in [5.74, 6) is 1.35. The van der Waals surface area contributed by atoms with Crippen LogP contribution in [0.3, 0.4) is 0 Å². The van der Waals surface area contributed by atoms with Gasteiger partial charge in [-0.05, 0) is 13.0 Å². The minimum absolute atomic E-state index is 0.589. The molecule has 2 rings (SSSR count). The van der Waals surface area contributed by atoms with Gasteiger partial charge in [-0.3, -0.25) is 5.10 Å². The molecule has 2 heterocycles. The van der Waals surface area contributed by atoms with Crippen LogP contribution in [0.2, 0.25) is 8.67 Å². The molecule has 0 bridgehead atoms. The topological polar surface area (TPSA) is 41.6 Å². The van der Waals surface area contributed by atoms with Gasteiger partial charge in [0.05, 0.1) is 9.90 Å². The number of thiophene rings is 1. The Kier molecular flexibility index (Phi) is 2.27. The fourth-order valence-electron chi connectivity index (χ4n) is 0.956. The summed E-state index contributed by atoms with van der Waals surface area (Å²) in [6, 6.07) is 1.76. The van der Waals surface area contributed by atoms with E-state index in [-0.39, 0.29) is 0 Å². The van der Waals surface area contributed by atoms with Crippen LogP contribution in [0, 0.1) is 6.92 Å². The molecule has 2 aromatic rings. The summed E-state index contributed by atoms with van der Waals surface area (Å²) in [5.41, 5.74) is 0.779. The van der Waals surface area contributed by atoms with E-state index in [9.17, 15) is 0 Å². The van der Waals surface area contributed by atoms with Crippen molar-refractivity contribution < 1.29 is 0 Å². The van der Waals surface area contributed by atoms with E-state index in [1.165, 1.54) is 11.3 Å². The molecule has 0 spiro atoms. The molecule has 0 amide bonds. The predicted molar refractivity (Wildman–Crippen MR) is 54.5 cm³/mol. The zero-order chi connectivity index (χ0) is 9.42. The number of nitrogens with zero attached hydrogens (tertiary/aromatic N) is 2. The molecule has 0 aliphatic heterocycles. The van der Waals surface area contributed by atoms with Crippen molar-refractivity contribution in [3.63, 3.8) is 0 Å². The van der Waals surface area contributed by atoms with Crippen molar-refractivity contribution in [2.45, 2.75) is 6.92 Å². The summed E-state index contributed by atoms with van der Waals surface area (Å²) >= 11 is 13.0. The maximum absolute atomic E-state index is 5.93. The highest BCUT2D eigenvalue weighted by molar-refractivity contribution is 7.20. The van der Waals surface area contributed by atoms with Gasteiger partial charge in [-0.25, -0.2) is 4.98 Å². The van der Waals surface area contributed by atoms with Crippen molar-refractivity contribution in [2.75, 3.05) is 0 Å². The molecule has 0 radical (unpaired) electrons. The van der Waals surface area contributed by atoms with E-state index in [4.69, 9.17) is 23.2 Å². The SMILES string of the molecule is Cc1nc(-c2cc(Cl)sc2Cl)n[nH]1. The smallest absolute Gasteiger partial charge is 0.183 e. The molecule has 1 N–H and O–H groups in total. The Labute approximate surface area is 88.7 Å². The van der Waals surface area contributed by atoms with Crippen LogP contribution in [0.25, 0.3) is 11.4 Å². The van der Waals surface area contributed by atoms with Crippen molar-refractivity contribution in [1.82, 2.24) is 15.2 Å². The van der Waals surface area contributed by atoms with Crippen molar-refractivity contribution in [3.8, 4) is 11.4 Å². The molecular weight excluding hydrogens is 229 g/mol. The molecule has 0 aliphatic carbocycles. The summed E-state index contributed by atoms with van der Waals surface area (Å²) in [6.07, 6.45) is 0. The molecule has 0 saturated carbocycles. The number of aromatic amines is 1.